The van der Waals surface area contributed by atoms with Gasteiger partial charge in [-0.05, 0) is 20.8 Å². The van der Waals surface area contributed by atoms with E-state index in [1.165, 1.54) is 4.90 Å². The van der Waals surface area contributed by atoms with Crippen LogP contribution in [-0.2, 0) is 9.53 Å². The van der Waals surface area contributed by atoms with E-state index in [0.717, 1.165) is 0 Å². The first-order chi connectivity index (χ1) is 7.74. The zero-order valence-electron chi connectivity index (χ0n) is 10.2. The maximum Gasteiger partial charge on any atom is 0.411 e. The number of carbonyl (C=O) groups excluding carboxylic acids is 2. The van der Waals surface area contributed by atoms with E-state index in [0.29, 0.717) is 0 Å². The number of ketones is 1. The Balaban J connectivity index is 2.73. The van der Waals surface area contributed by atoms with E-state index < -0.39 is 23.9 Å². The molecule has 0 bridgehead atoms. The third-order valence-corrected chi connectivity index (χ3v) is 2.93. The summed E-state index contributed by atoms with van der Waals surface area (Å²) in [4.78, 5) is 24.6. The Hall–Kier alpha value is -0.650. The van der Waals surface area contributed by atoms with Crippen LogP contribution in [0.2, 0.25) is 0 Å². The molecule has 98 valence electrons. The second-order valence-electron chi connectivity index (χ2n) is 5.08. The van der Waals surface area contributed by atoms with Crippen LogP contribution in [0.25, 0.3) is 0 Å². The standard InChI is InChI=1S/C11H17BrFNO3/c1-11(2,3)17-10(16)14-6-7(13)4-8(14)9(15)5-12/h7-8H,4-6H2,1-3H3/t7-,8+/m0/s1. The van der Waals surface area contributed by atoms with Gasteiger partial charge in [-0.2, -0.15) is 0 Å². The minimum Gasteiger partial charge on any atom is -0.444 e. The lowest BCUT2D eigenvalue weighted by molar-refractivity contribution is -0.120. The van der Waals surface area contributed by atoms with Gasteiger partial charge in [-0.3, -0.25) is 9.69 Å². The predicted molar refractivity (Wildman–Crippen MR) is 65.0 cm³/mol. The highest BCUT2D eigenvalue weighted by Gasteiger charge is 2.40. The van der Waals surface area contributed by atoms with Gasteiger partial charge in [-0.1, -0.05) is 15.9 Å². The van der Waals surface area contributed by atoms with Crippen LogP contribution in [0.5, 0.6) is 0 Å². The van der Waals surface area contributed by atoms with E-state index in [2.05, 4.69) is 15.9 Å². The molecule has 17 heavy (non-hydrogen) atoms. The summed E-state index contributed by atoms with van der Waals surface area (Å²) in [5.41, 5.74) is -0.645. The maximum atomic E-state index is 13.3. The Morgan fingerprint density at radius 2 is 2.06 bits per heavy atom. The van der Waals surface area contributed by atoms with Crippen molar-refractivity contribution in [2.45, 2.75) is 45.0 Å². The summed E-state index contributed by atoms with van der Waals surface area (Å²) in [6.07, 6.45) is -1.73. The Bertz CT molecular complexity index is 316. The van der Waals surface area contributed by atoms with Crippen molar-refractivity contribution in [1.29, 1.82) is 0 Å². The quantitative estimate of drug-likeness (QED) is 0.735. The van der Waals surface area contributed by atoms with E-state index in [-0.39, 0.29) is 24.1 Å². The molecule has 1 amide bonds. The number of ether oxygens (including phenoxy) is 1. The van der Waals surface area contributed by atoms with Crippen molar-refractivity contribution in [1.82, 2.24) is 4.90 Å². The van der Waals surface area contributed by atoms with Gasteiger partial charge in [0.05, 0.1) is 17.9 Å². The van der Waals surface area contributed by atoms with E-state index in [4.69, 9.17) is 4.74 Å². The van der Waals surface area contributed by atoms with Gasteiger partial charge in [0.25, 0.3) is 0 Å². The number of alkyl halides is 2. The molecule has 6 heteroatoms. The number of carbonyl (C=O) groups is 2. The molecule has 0 aromatic heterocycles. The van der Waals surface area contributed by atoms with Crippen LogP contribution in [0.1, 0.15) is 27.2 Å². The molecule has 1 aliphatic rings. The molecule has 0 unspecified atom stereocenters. The molecule has 1 rings (SSSR count). The van der Waals surface area contributed by atoms with Crippen LogP contribution in [0.15, 0.2) is 0 Å². The predicted octanol–water partition coefficient (Wildman–Crippen LogP) is 2.30. The highest BCUT2D eigenvalue weighted by atomic mass is 79.9. The van der Waals surface area contributed by atoms with Gasteiger partial charge in [0.1, 0.15) is 11.8 Å². The molecule has 4 nitrogen and oxygen atoms in total. The van der Waals surface area contributed by atoms with Crippen molar-refractivity contribution in [2.75, 3.05) is 11.9 Å². The molecule has 1 saturated heterocycles. The van der Waals surface area contributed by atoms with E-state index >= 15 is 0 Å². The molecule has 2 atom stereocenters. The number of halogens is 2. The summed E-state index contributed by atoms with van der Waals surface area (Å²) in [7, 11) is 0. The van der Waals surface area contributed by atoms with Gasteiger partial charge in [-0.25, -0.2) is 9.18 Å². The lowest BCUT2D eigenvalue weighted by atomic mass is 10.1. The van der Waals surface area contributed by atoms with Crippen molar-refractivity contribution in [3.63, 3.8) is 0 Å². The molecule has 0 aliphatic carbocycles. The van der Waals surface area contributed by atoms with E-state index in [9.17, 15) is 14.0 Å². The summed E-state index contributed by atoms with van der Waals surface area (Å²) in [6, 6.07) is -0.709. The third kappa shape index (κ3) is 3.94. The first kappa shape index (κ1) is 14.4. The zero-order valence-corrected chi connectivity index (χ0v) is 11.8. The van der Waals surface area contributed by atoms with Crippen LogP contribution in [0, 0.1) is 0 Å². The Morgan fingerprint density at radius 1 is 1.47 bits per heavy atom. The summed E-state index contributed by atoms with van der Waals surface area (Å²) in [5.74, 6) is -0.198. The fourth-order valence-electron chi connectivity index (χ4n) is 1.70. The van der Waals surface area contributed by atoms with Crippen LogP contribution in [-0.4, -0.2) is 46.5 Å². The Kier molecular flexibility index (Phi) is 4.52. The fourth-order valence-corrected chi connectivity index (χ4v) is 2.08. The lowest BCUT2D eigenvalue weighted by Gasteiger charge is -2.27. The molecule has 0 radical (unpaired) electrons. The molecule has 1 heterocycles. The number of likely N-dealkylation sites (tertiary alicyclic amines) is 1. The average Bonchev–Trinajstić information content (AvgIpc) is 2.56. The largest absolute Gasteiger partial charge is 0.444 e. The summed E-state index contributed by atoms with van der Waals surface area (Å²) in [5, 5.41) is 0.115. The van der Waals surface area contributed by atoms with E-state index in [1.807, 2.05) is 0 Å². The second kappa shape index (κ2) is 5.33. The van der Waals surface area contributed by atoms with Crippen LogP contribution >= 0.6 is 15.9 Å². The molecule has 0 spiro atoms. The molecule has 1 aliphatic heterocycles. The molecule has 0 N–H and O–H groups in total. The van der Waals surface area contributed by atoms with Crippen molar-refractivity contribution >= 4 is 27.8 Å². The van der Waals surface area contributed by atoms with Crippen LogP contribution in [0.3, 0.4) is 0 Å². The first-order valence-electron chi connectivity index (χ1n) is 5.47. The van der Waals surface area contributed by atoms with Crippen molar-refractivity contribution < 1.29 is 18.7 Å². The van der Waals surface area contributed by atoms with Gasteiger partial charge >= 0.3 is 6.09 Å². The second-order valence-corrected chi connectivity index (χ2v) is 5.64. The molecular formula is C11H17BrFNO3. The molecule has 1 fully saturated rings. The Morgan fingerprint density at radius 3 is 2.53 bits per heavy atom. The van der Waals surface area contributed by atoms with Crippen molar-refractivity contribution in [2.24, 2.45) is 0 Å². The van der Waals surface area contributed by atoms with Crippen LogP contribution in [0.4, 0.5) is 9.18 Å². The van der Waals surface area contributed by atoms with Gasteiger partial charge < -0.3 is 4.74 Å². The number of rotatable bonds is 2. The number of amides is 1. The van der Waals surface area contributed by atoms with Gasteiger partial charge in [0, 0.05) is 6.42 Å². The minimum atomic E-state index is -1.16. The number of hydrogen-bond acceptors (Lipinski definition) is 3. The fraction of sp³-hybridized carbons (Fsp3) is 0.818. The zero-order chi connectivity index (χ0) is 13.2. The highest BCUT2D eigenvalue weighted by Crippen LogP contribution is 2.24. The van der Waals surface area contributed by atoms with Gasteiger partial charge in [0.2, 0.25) is 0 Å². The van der Waals surface area contributed by atoms with Gasteiger partial charge in [0.15, 0.2) is 5.78 Å². The summed E-state index contributed by atoms with van der Waals surface area (Å²) in [6.45, 7) is 5.12. The molecule has 0 saturated carbocycles. The van der Waals surface area contributed by atoms with Crippen molar-refractivity contribution in [3.05, 3.63) is 0 Å². The first-order valence-corrected chi connectivity index (χ1v) is 6.59. The smallest absolute Gasteiger partial charge is 0.411 e. The van der Waals surface area contributed by atoms with Gasteiger partial charge in [-0.15, -0.1) is 0 Å². The monoisotopic (exact) mass is 309 g/mol. The topological polar surface area (TPSA) is 46.6 Å². The molecule has 0 aromatic rings. The lowest BCUT2D eigenvalue weighted by Crippen LogP contribution is -2.43. The average molecular weight is 310 g/mol. The highest BCUT2D eigenvalue weighted by molar-refractivity contribution is 9.09. The maximum absolute atomic E-state index is 13.3. The number of hydrogen-bond donors (Lipinski definition) is 0. The van der Waals surface area contributed by atoms with Crippen LogP contribution < -0.4 is 0 Å². The number of nitrogens with zero attached hydrogens (tertiary/aromatic N) is 1. The van der Waals surface area contributed by atoms with E-state index in [1.54, 1.807) is 20.8 Å². The van der Waals surface area contributed by atoms with Crippen molar-refractivity contribution in [3.8, 4) is 0 Å². The minimum absolute atomic E-state index is 0.0592. The summed E-state index contributed by atoms with van der Waals surface area (Å²) < 4.78 is 18.4. The molecule has 0 aromatic carbocycles. The molecular weight excluding hydrogens is 293 g/mol. The SMILES string of the molecule is CC(C)(C)OC(=O)N1C[C@@H](F)C[C@@H]1C(=O)CBr. The summed E-state index contributed by atoms with van der Waals surface area (Å²) >= 11 is 3.03. The Labute approximate surface area is 109 Å². The normalized spacial score (nSPS) is 24.9. The number of Topliss-reactive ketones (excluding diaryl/α,β-unsaturated/α-hetero) is 1. The third-order valence-electron chi connectivity index (χ3n) is 2.38.